The Labute approximate surface area is 197 Å². The molecule has 0 aromatic heterocycles. The van der Waals surface area contributed by atoms with Crippen molar-refractivity contribution in [2.24, 2.45) is 5.41 Å². The van der Waals surface area contributed by atoms with Gasteiger partial charge in [-0.25, -0.2) is 0 Å². The average Bonchev–Trinajstić information content (AvgIpc) is 3.10. The zero-order valence-corrected chi connectivity index (χ0v) is 19.3. The number of nitrogens with zero attached hydrogens (tertiary/aromatic N) is 1. The highest BCUT2D eigenvalue weighted by molar-refractivity contribution is 5.54. The molecule has 2 saturated heterocycles. The minimum Gasteiger partial charge on any atom is -0.508 e. The lowest BCUT2D eigenvalue weighted by Crippen LogP contribution is -2.56. The van der Waals surface area contributed by atoms with E-state index in [-0.39, 0.29) is 0 Å². The van der Waals surface area contributed by atoms with Crippen LogP contribution in [0.4, 0.5) is 5.69 Å². The first-order valence-electron chi connectivity index (χ1n) is 12.6. The van der Waals surface area contributed by atoms with Crippen molar-refractivity contribution in [1.82, 2.24) is 5.32 Å². The Bertz CT molecular complexity index is 1090. The quantitative estimate of drug-likeness (QED) is 0.540. The molecular weight excluding hydrogens is 404 g/mol. The molecule has 0 radical (unpaired) electrons. The fourth-order valence-electron chi connectivity index (χ4n) is 6.62. The van der Waals surface area contributed by atoms with Crippen molar-refractivity contribution >= 4 is 5.69 Å². The number of fused-ring (bicyclic) bond motifs is 1. The minimum atomic E-state index is 0.321. The highest BCUT2D eigenvalue weighted by Gasteiger charge is 2.42. The lowest BCUT2D eigenvalue weighted by Gasteiger charge is -2.51. The molecule has 3 aromatic rings. The predicted molar refractivity (Wildman–Crippen MR) is 135 cm³/mol. The Hall–Kier alpha value is -2.78. The molecule has 1 spiro atoms. The Balaban J connectivity index is 1.28. The average molecular weight is 439 g/mol. The summed E-state index contributed by atoms with van der Waals surface area (Å²) in [4.78, 5) is 2.57. The van der Waals surface area contributed by atoms with Gasteiger partial charge in [0.25, 0.3) is 0 Å². The lowest BCUT2D eigenvalue weighted by molar-refractivity contribution is 0.186. The summed E-state index contributed by atoms with van der Waals surface area (Å²) in [5, 5.41) is 13.6. The normalized spacial score (nSPS) is 24.1. The van der Waals surface area contributed by atoms with Crippen LogP contribution in [-0.2, 0) is 6.42 Å². The van der Waals surface area contributed by atoms with E-state index in [1.165, 1.54) is 73.4 Å². The summed E-state index contributed by atoms with van der Waals surface area (Å²) in [6, 6.07) is 26.3. The Kier molecular flexibility index (Phi) is 5.38. The van der Waals surface area contributed by atoms with Crippen LogP contribution in [0.5, 0.6) is 5.75 Å². The molecule has 0 unspecified atom stereocenters. The summed E-state index contributed by atoms with van der Waals surface area (Å²) in [5.41, 5.74) is 7.35. The van der Waals surface area contributed by atoms with Gasteiger partial charge >= 0.3 is 0 Å². The van der Waals surface area contributed by atoms with Crippen molar-refractivity contribution in [3.8, 4) is 5.75 Å². The third-order valence-corrected chi connectivity index (χ3v) is 8.38. The predicted octanol–water partition coefficient (Wildman–Crippen LogP) is 5.83. The Morgan fingerprint density at radius 2 is 1.67 bits per heavy atom. The van der Waals surface area contributed by atoms with Gasteiger partial charge in [-0.1, -0.05) is 48.5 Å². The molecule has 2 heterocycles. The molecule has 170 valence electrons. The van der Waals surface area contributed by atoms with Gasteiger partial charge in [-0.05, 0) is 97.6 Å². The molecule has 0 saturated carbocycles. The van der Waals surface area contributed by atoms with Crippen LogP contribution in [0.15, 0.2) is 72.8 Å². The SMILES string of the molecule is Oc1ccc2c(c1)CC[C@H](c1ccccc1)[C@@H]2c1ccc(N2CC3(CCCNCC3)C2)cc1. The number of benzene rings is 3. The van der Waals surface area contributed by atoms with E-state index in [1.54, 1.807) is 0 Å². The summed E-state index contributed by atoms with van der Waals surface area (Å²) in [6.07, 6.45) is 6.10. The lowest BCUT2D eigenvalue weighted by atomic mass is 9.69. The summed E-state index contributed by atoms with van der Waals surface area (Å²) >= 11 is 0. The van der Waals surface area contributed by atoms with Crippen molar-refractivity contribution in [3.63, 3.8) is 0 Å². The molecule has 3 heteroatoms. The zero-order valence-electron chi connectivity index (χ0n) is 19.3. The van der Waals surface area contributed by atoms with Crippen LogP contribution in [-0.4, -0.2) is 31.3 Å². The van der Waals surface area contributed by atoms with Gasteiger partial charge in [0.2, 0.25) is 0 Å². The van der Waals surface area contributed by atoms with Crippen LogP contribution >= 0.6 is 0 Å². The molecule has 33 heavy (non-hydrogen) atoms. The first-order valence-corrected chi connectivity index (χ1v) is 12.6. The van der Waals surface area contributed by atoms with Gasteiger partial charge < -0.3 is 15.3 Å². The Morgan fingerprint density at radius 1 is 0.848 bits per heavy atom. The zero-order chi connectivity index (χ0) is 22.3. The molecular formula is C30H34N2O. The number of nitrogens with one attached hydrogen (secondary N) is 1. The highest BCUT2D eigenvalue weighted by atomic mass is 16.3. The number of hydrogen-bond acceptors (Lipinski definition) is 3. The first kappa shape index (κ1) is 20.8. The molecule has 2 fully saturated rings. The van der Waals surface area contributed by atoms with E-state index in [1.807, 2.05) is 12.1 Å². The number of phenolic OH excluding ortho intramolecular Hbond substituents is 1. The molecule has 3 aliphatic rings. The smallest absolute Gasteiger partial charge is 0.115 e. The van der Waals surface area contributed by atoms with E-state index in [0.717, 1.165) is 12.8 Å². The van der Waals surface area contributed by atoms with Gasteiger partial charge in [0.15, 0.2) is 0 Å². The van der Waals surface area contributed by atoms with E-state index in [2.05, 4.69) is 70.9 Å². The monoisotopic (exact) mass is 438 g/mol. The molecule has 2 atom stereocenters. The number of rotatable bonds is 3. The summed E-state index contributed by atoms with van der Waals surface area (Å²) < 4.78 is 0. The first-order chi connectivity index (χ1) is 16.2. The molecule has 1 aliphatic carbocycles. The second-order valence-electron chi connectivity index (χ2n) is 10.5. The molecule has 3 nitrogen and oxygen atoms in total. The van der Waals surface area contributed by atoms with Crippen molar-refractivity contribution in [1.29, 1.82) is 0 Å². The maximum Gasteiger partial charge on any atom is 0.115 e. The van der Waals surface area contributed by atoms with Crippen LogP contribution in [0.3, 0.4) is 0 Å². The second-order valence-corrected chi connectivity index (χ2v) is 10.5. The maximum absolute atomic E-state index is 10.1. The van der Waals surface area contributed by atoms with Gasteiger partial charge in [0.05, 0.1) is 0 Å². The van der Waals surface area contributed by atoms with E-state index >= 15 is 0 Å². The number of aromatic hydroxyl groups is 1. The van der Waals surface area contributed by atoms with E-state index in [0.29, 0.717) is 23.0 Å². The second kappa shape index (κ2) is 8.53. The standard InChI is InChI=1S/C30H34N2O/c33-26-12-14-28-24(19-26)9-13-27(22-5-2-1-3-6-22)29(28)23-7-10-25(11-8-23)32-20-30(21-32)15-4-17-31-18-16-30/h1-3,5-8,10-12,14,19,27,29,31,33H,4,9,13,15-18,20-21H2/t27-,29+/m1/s1. The molecule has 2 N–H and O–H groups in total. The van der Waals surface area contributed by atoms with E-state index < -0.39 is 0 Å². The van der Waals surface area contributed by atoms with Gasteiger partial charge in [-0.15, -0.1) is 0 Å². The van der Waals surface area contributed by atoms with Crippen molar-refractivity contribution < 1.29 is 5.11 Å². The summed E-state index contributed by atoms with van der Waals surface area (Å²) in [5.74, 6) is 1.16. The van der Waals surface area contributed by atoms with Crippen molar-refractivity contribution in [2.45, 2.75) is 43.9 Å². The van der Waals surface area contributed by atoms with Gasteiger partial charge in [0, 0.05) is 30.1 Å². The van der Waals surface area contributed by atoms with Crippen LogP contribution in [0.25, 0.3) is 0 Å². The minimum absolute atomic E-state index is 0.321. The number of hydrogen-bond donors (Lipinski definition) is 2. The third-order valence-electron chi connectivity index (χ3n) is 8.38. The van der Waals surface area contributed by atoms with Crippen LogP contribution in [0, 0.1) is 5.41 Å². The largest absolute Gasteiger partial charge is 0.508 e. The fraction of sp³-hybridized carbons (Fsp3) is 0.400. The van der Waals surface area contributed by atoms with Gasteiger partial charge in [0.1, 0.15) is 5.75 Å². The van der Waals surface area contributed by atoms with Crippen LogP contribution in [0.1, 0.15) is 59.8 Å². The van der Waals surface area contributed by atoms with E-state index in [4.69, 9.17) is 0 Å². The molecule has 3 aromatic carbocycles. The Morgan fingerprint density at radius 3 is 2.48 bits per heavy atom. The summed E-state index contributed by atoms with van der Waals surface area (Å²) in [7, 11) is 0. The van der Waals surface area contributed by atoms with Gasteiger partial charge in [-0.3, -0.25) is 0 Å². The molecule has 6 rings (SSSR count). The fourth-order valence-corrected chi connectivity index (χ4v) is 6.62. The summed E-state index contributed by atoms with van der Waals surface area (Å²) in [6.45, 7) is 4.75. The number of anilines is 1. The number of aryl methyl sites for hydroxylation is 1. The maximum atomic E-state index is 10.1. The molecule has 2 aliphatic heterocycles. The highest BCUT2D eigenvalue weighted by Crippen LogP contribution is 2.48. The van der Waals surface area contributed by atoms with Gasteiger partial charge in [-0.2, -0.15) is 0 Å². The van der Waals surface area contributed by atoms with Crippen LogP contribution in [0.2, 0.25) is 0 Å². The molecule has 0 amide bonds. The number of phenols is 1. The third kappa shape index (κ3) is 3.93. The van der Waals surface area contributed by atoms with Crippen molar-refractivity contribution in [2.75, 3.05) is 31.1 Å². The van der Waals surface area contributed by atoms with E-state index in [9.17, 15) is 5.11 Å². The van der Waals surface area contributed by atoms with Crippen molar-refractivity contribution in [3.05, 3.63) is 95.1 Å². The van der Waals surface area contributed by atoms with Crippen LogP contribution < -0.4 is 10.2 Å². The topological polar surface area (TPSA) is 35.5 Å². The molecule has 0 bridgehead atoms.